The molecule has 0 amide bonds. The highest BCUT2D eigenvalue weighted by Crippen LogP contribution is 2.45. The van der Waals surface area contributed by atoms with E-state index in [1.54, 1.807) is 6.92 Å². The molecule has 4 atom stereocenters. The summed E-state index contributed by atoms with van der Waals surface area (Å²) < 4.78 is 19.1. The molecule has 1 aliphatic heterocycles. The molecule has 1 unspecified atom stereocenters. The Kier molecular flexibility index (Phi) is 3.74. The van der Waals surface area contributed by atoms with Crippen LogP contribution in [0.25, 0.3) is 0 Å². The van der Waals surface area contributed by atoms with Crippen LogP contribution in [-0.2, 0) is 16.1 Å². The van der Waals surface area contributed by atoms with Gasteiger partial charge in [0.1, 0.15) is 12.2 Å². The summed E-state index contributed by atoms with van der Waals surface area (Å²) in [4.78, 5) is 14.3. The van der Waals surface area contributed by atoms with Crippen molar-refractivity contribution in [1.82, 2.24) is 4.90 Å². The SMILES string of the molecule is CCOC(=O)[C@@H]1[C@@H]2C[C@H](CC2F)N1Cc1ccccc1. The second-order valence-electron chi connectivity index (χ2n) is 5.66. The van der Waals surface area contributed by atoms with E-state index in [1.165, 1.54) is 0 Å². The molecule has 2 bridgehead atoms. The number of carbonyl (C=O) groups excluding carboxylic acids is 1. The number of rotatable bonds is 4. The van der Waals surface area contributed by atoms with E-state index in [0.29, 0.717) is 19.6 Å². The third-order valence-corrected chi connectivity index (χ3v) is 4.47. The lowest BCUT2D eigenvalue weighted by Gasteiger charge is -2.35. The molecule has 4 heteroatoms. The van der Waals surface area contributed by atoms with Crippen LogP contribution in [0.4, 0.5) is 4.39 Å². The van der Waals surface area contributed by atoms with Gasteiger partial charge in [-0.15, -0.1) is 0 Å². The van der Waals surface area contributed by atoms with Gasteiger partial charge in [-0.05, 0) is 25.3 Å². The van der Waals surface area contributed by atoms with E-state index < -0.39 is 12.2 Å². The minimum atomic E-state index is -0.860. The number of alkyl halides is 1. The molecule has 0 radical (unpaired) electrons. The summed E-state index contributed by atoms with van der Waals surface area (Å²) in [5.41, 5.74) is 1.16. The number of carbonyl (C=O) groups is 1. The Morgan fingerprint density at radius 2 is 2.10 bits per heavy atom. The number of esters is 1. The van der Waals surface area contributed by atoms with Crippen molar-refractivity contribution in [1.29, 1.82) is 0 Å². The van der Waals surface area contributed by atoms with Gasteiger partial charge >= 0.3 is 5.97 Å². The maximum absolute atomic E-state index is 13.9. The summed E-state index contributed by atoms with van der Waals surface area (Å²) in [5, 5.41) is 0. The first-order chi connectivity index (χ1) is 9.70. The number of halogens is 1. The topological polar surface area (TPSA) is 29.5 Å². The van der Waals surface area contributed by atoms with E-state index in [2.05, 4.69) is 4.90 Å². The van der Waals surface area contributed by atoms with Crippen molar-refractivity contribution in [3.63, 3.8) is 0 Å². The van der Waals surface area contributed by atoms with Crippen LogP contribution >= 0.6 is 0 Å². The number of ether oxygens (including phenoxy) is 1. The highest BCUT2D eigenvalue weighted by atomic mass is 19.1. The molecule has 0 N–H and O–H groups in total. The van der Waals surface area contributed by atoms with E-state index in [9.17, 15) is 9.18 Å². The molecule has 1 saturated carbocycles. The summed E-state index contributed by atoms with van der Waals surface area (Å²) in [6.45, 7) is 2.83. The number of nitrogens with zero attached hydrogens (tertiary/aromatic N) is 1. The molecule has 1 aromatic carbocycles. The average Bonchev–Trinajstić information content (AvgIpc) is 2.97. The van der Waals surface area contributed by atoms with Crippen LogP contribution in [0.3, 0.4) is 0 Å². The van der Waals surface area contributed by atoms with Crippen LogP contribution in [0.2, 0.25) is 0 Å². The van der Waals surface area contributed by atoms with E-state index in [0.717, 1.165) is 12.0 Å². The fourth-order valence-corrected chi connectivity index (χ4v) is 3.62. The van der Waals surface area contributed by atoms with Crippen molar-refractivity contribution in [2.24, 2.45) is 5.92 Å². The van der Waals surface area contributed by atoms with Gasteiger partial charge in [-0.1, -0.05) is 30.3 Å². The predicted octanol–water partition coefficient (Wildman–Crippen LogP) is 2.55. The monoisotopic (exact) mass is 277 g/mol. The standard InChI is InChI=1S/C16H20FNO2/c1-2-20-16(19)15-13-8-12(9-14(13)17)18(15)10-11-6-4-3-5-7-11/h3-7,12-15H,2,8-10H2,1H3/t12-,13-,14?,15+/m1/s1. The summed E-state index contributed by atoms with van der Waals surface area (Å²) in [5.74, 6) is -0.457. The van der Waals surface area contributed by atoms with Crippen LogP contribution in [0.15, 0.2) is 30.3 Å². The molecule has 3 rings (SSSR count). The zero-order valence-corrected chi connectivity index (χ0v) is 11.7. The Balaban J connectivity index is 1.79. The lowest BCUT2D eigenvalue weighted by molar-refractivity contribution is -0.153. The number of hydrogen-bond donors (Lipinski definition) is 0. The van der Waals surface area contributed by atoms with E-state index in [-0.39, 0.29) is 17.9 Å². The number of hydrogen-bond acceptors (Lipinski definition) is 3. The van der Waals surface area contributed by atoms with Crippen molar-refractivity contribution in [3.05, 3.63) is 35.9 Å². The van der Waals surface area contributed by atoms with Gasteiger partial charge in [-0.25, -0.2) is 4.39 Å². The highest BCUT2D eigenvalue weighted by molar-refractivity contribution is 5.77. The molecule has 0 aromatic heterocycles. The van der Waals surface area contributed by atoms with Crippen molar-refractivity contribution in [2.45, 2.75) is 44.6 Å². The van der Waals surface area contributed by atoms with E-state index in [4.69, 9.17) is 4.74 Å². The quantitative estimate of drug-likeness (QED) is 0.792. The summed E-state index contributed by atoms with van der Waals surface area (Å²) in [6.07, 6.45) is 0.465. The van der Waals surface area contributed by atoms with Gasteiger partial charge in [0.05, 0.1) is 6.61 Å². The van der Waals surface area contributed by atoms with Crippen molar-refractivity contribution >= 4 is 5.97 Å². The number of benzene rings is 1. The first-order valence-electron chi connectivity index (χ1n) is 7.31. The Morgan fingerprint density at radius 3 is 2.80 bits per heavy atom. The van der Waals surface area contributed by atoms with Crippen molar-refractivity contribution in [3.8, 4) is 0 Å². The van der Waals surface area contributed by atoms with Crippen LogP contribution < -0.4 is 0 Å². The molecule has 20 heavy (non-hydrogen) atoms. The fourth-order valence-electron chi connectivity index (χ4n) is 3.62. The zero-order chi connectivity index (χ0) is 14.1. The Hall–Kier alpha value is -1.42. The second kappa shape index (κ2) is 5.52. The van der Waals surface area contributed by atoms with Crippen LogP contribution in [0.1, 0.15) is 25.3 Å². The number of likely N-dealkylation sites (tertiary alicyclic amines) is 1. The molecule has 1 aliphatic carbocycles. The lowest BCUT2D eigenvalue weighted by Crippen LogP contribution is -2.49. The first kappa shape index (κ1) is 13.6. The first-order valence-corrected chi connectivity index (χ1v) is 7.31. The van der Waals surface area contributed by atoms with Gasteiger partial charge in [-0.2, -0.15) is 0 Å². The largest absolute Gasteiger partial charge is 0.465 e. The van der Waals surface area contributed by atoms with E-state index >= 15 is 0 Å². The van der Waals surface area contributed by atoms with Gasteiger partial charge in [-0.3, -0.25) is 9.69 Å². The van der Waals surface area contributed by atoms with Crippen LogP contribution in [0.5, 0.6) is 0 Å². The summed E-state index contributed by atoms with van der Waals surface area (Å²) in [6, 6.07) is 9.79. The molecule has 3 nitrogen and oxygen atoms in total. The second-order valence-corrected chi connectivity index (χ2v) is 5.66. The highest BCUT2D eigenvalue weighted by Gasteiger charge is 2.54. The minimum Gasteiger partial charge on any atom is -0.465 e. The Morgan fingerprint density at radius 1 is 1.35 bits per heavy atom. The average molecular weight is 277 g/mol. The minimum absolute atomic E-state index is 0.171. The molecule has 1 heterocycles. The normalized spacial score (nSPS) is 32.5. The third-order valence-electron chi connectivity index (χ3n) is 4.47. The zero-order valence-electron chi connectivity index (χ0n) is 11.7. The smallest absolute Gasteiger partial charge is 0.323 e. The van der Waals surface area contributed by atoms with Crippen LogP contribution in [0, 0.1) is 5.92 Å². The fraction of sp³-hybridized carbons (Fsp3) is 0.562. The van der Waals surface area contributed by atoms with Gasteiger partial charge < -0.3 is 4.74 Å². The van der Waals surface area contributed by atoms with Crippen LogP contribution in [-0.4, -0.2) is 35.7 Å². The van der Waals surface area contributed by atoms with Gasteiger partial charge in [0.15, 0.2) is 0 Å². The van der Waals surface area contributed by atoms with Crippen molar-refractivity contribution in [2.75, 3.05) is 6.61 Å². The molecule has 108 valence electrons. The van der Waals surface area contributed by atoms with Gasteiger partial charge in [0, 0.05) is 18.5 Å². The molecular formula is C16H20FNO2. The third kappa shape index (κ3) is 2.33. The lowest BCUT2D eigenvalue weighted by atomic mass is 9.96. The summed E-state index contributed by atoms with van der Waals surface area (Å²) in [7, 11) is 0. The van der Waals surface area contributed by atoms with Crippen molar-refractivity contribution < 1.29 is 13.9 Å². The summed E-state index contributed by atoms with van der Waals surface area (Å²) >= 11 is 0. The molecule has 1 saturated heterocycles. The van der Waals surface area contributed by atoms with E-state index in [1.807, 2.05) is 30.3 Å². The van der Waals surface area contributed by atoms with Gasteiger partial charge in [0.25, 0.3) is 0 Å². The maximum atomic E-state index is 13.9. The number of fused-ring (bicyclic) bond motifs is 2. The van der Waals surface area contributed by atoms with Gasteiger partial charge in [0.2, 0.25) is 0 Å². The molecule has 2 aliphatic rings. The molecule has 0 spiro atoms. The maximum Gasteiger partial charge on any atom is 0.323 e. The molecule has 1 aromatic rings. The molecular weight excluding hydrogens is 257 g/mol. The Labute approximate surface area is 118 Å². The predicted molar refractivity (Wildman–Crippen MR) is 73.8 cm³/mol. The molecule has 2 fully saturated rings. The number of piperidine rings is 1. The Bertz CT molecular complexity index is 479.